The van der Waals surface area contributed by atoms with Gasteiger partial charge in [0.25, 0.3) is 0 Å². The number of hydrogen-bond acceptors (Lipinski definition) is 0. The summed E-state index contributed by atoms with van der Waals surface area (Å²) in [6, 6.07) is 45.0. The third-order valence-electron chi connectivity index (χ3n) is 3.79. The van der Waals surface area contributed by atoms with Crippen molar-refractivity contribution in [2.24, 2.45) is 0 Å². The molecule has 4 aromatic rings. The first-order valence-corrected chi connectivity index (χ1v) is 12.3. The molecule has 0 bridgehead atoms. The molecule has 0 radical (unpaired) electrons. The van der Waals surface area contributed by atoms with Crippen LogP contribution in [0, 0.1) is 13.5 Å². The molecule has 0 saturated heterocycles. The Morgan fingerprint density at radius 1 is 0.500 bits per heavy atom. The molecule has 3 heteroatoms. The molecule has 0 aliphatic rings. The van der Waals surface area contributed by atoms with Gasteiger partial charge in [-0.3, -0.25) is 0 Å². The minimum atomic E-state index is -0.877. The zero-order valence-electron chi connectivity index (χ0n) is 15.8. The van der Waals surface area contributed by atoms with E-state index in [4.69, 9.17) is 0 Å². The van der Waals surface area contributed by atoms with E-state index in [0.29, 0.717) is 0 Å². The summed E-state index contributed by atoms with van der Waals surface area (Å²) in [5.41, 5.74) is 0. The molecule has 0 N–H and O–H groups in total. The van der Waals surface area contributed by atoms with Crippen molar-refractivity contribution in [2.75, 3.05) is 0 Å². The molecule has 4 aromatic carbocycles. The topological polar surface area (TPSA) is 0 Å². The summed E-state index contributed by atoms with van der Waals surface area (Å²) in [4.78, 5) is 0. The fourth-order valence-corrected chi connectivity index (χ4v) is 5.23. The van der Waals surface area contributed by atoms with Gasteiger partial charge in [-0.25, -0.2) is 0 Å². The molecule has 0 spiro atoms. The van der Waals surface area contributed by atoms with E-state index in [1.54, 1.807) is 0 Å². The van der Waals surface area contributed by atoms with Crippen molar-refractivity contribution in [2.45, 2.75) is 0 Å². The minimum Gasteiger partial charge on any atom is -0.184 e. The van der Waals surface area contributed by atoms with E-state index >= 15 is 0 Å². The fraction of sp³-hybridized carbons (Fsp3) is 0. The molecular formula is C25H24ClPRu+. The van der Waals surface area contributed by atoms with Gasteiger partial charge in [0.1, 0.15) is 15.9 Å². The van der Waals surface area contributed by atoms with E-state index in [1.807, 2.05) is 47.6 Å². The van der Waals surface area contributed by atoms with Crippen LogP contribution in [-0.4, -0.2) is 0 Å². The predicted octanol–water partition coefficient (Wildman–Crippen LogP) is 5.80. The molecule has 0 atom stereocenters. The van der Waals surface area contributed by atoms with Crippen LogP contribution in [0.4, 0.5) is 0 Å². The quantitative estimate of drug-likeness (QED) is 0.193. The van der Waals surface area contributed by atoms with Gasteiger partial charge in [-0.05, 0) is 36.4 Å². The van der Waals surface area contributed by atoms with E-state index in [-0.39, 0.29) is 7.43 Å². The molecule has 0 heterocycles. The number of benzene rings is 4. The maximum absolute atomic E-state index is 4.57. The third-order valence-corrected chi connectivity index (χ3v) is 6.53. The van der Waals surface area contributed by atoms with E-state index in [9.17, 15) is 0 Å². The standard InChI is InChI=1S/C18H15P.C6H5.CH3.ClH.Ru/c1-4-10-16(11-5-1)19(17-12-6-2-7-13-17)18-14-8-3-9-15-18;1-2-4-6-5-3-1;;;/h1-15H;1-5H;1H3;1H;/q;2*-1;;+3. The van der Waals surface area contributed by atoms with Gasteiger partial charge in [-0.2, -0.15) is 36.4 Å². The molecule has 28 heavy (non-hydrogen) atoms. The smallest absolute Gasteiger partial charge is 0.102 e. The van der Waals surface area contributed by atoms with Crippen LogP contribution in [0.3, 0.4) is 0 Å². The minimum absolute atomic E-state index is 0. The maximum Gasteiger partial charge on any atom is 0.102 e. The maximum atomic E-state index is 4.57. The number of halogens is 1. The Hall–Kier alpha value is -1.78. The summed E-state index contributed by atoms with van der Waals surface area (Å²) in [6.45, 7) is 0. The summed E-state index contributed by atoms with van der Waals surface area (Å²) < 4.78 is 0. The van der Waals surface area contributed by atoms with Crippen LogP contribution >= 0.6 is 17.6 Å². The van der Waals surface area contributed by atoms with Crippen LogP contribution < -0.4 is 15.9 Å². The molecule has 0 saturated carbocycles. The van der Waals surface area contributed by atoms with Crippen molar-refractivity contribution < 1.29 is 17.3 Å². The summed E-state index contributed by atoms with van der Waals surface area (Å²) in [7, 11) is 3.69. The average molecular weight is 492 g/mol. The fourth-order valence-electron chi connectivity index (χ4n) is 2.66. The molecule has 143 valence electrons. The van der Waals surface area contributed by atoms with Crippen LogP contribution in [-0.2, 0) is 17.3 Å². The van der Waals surface area contributed by atoms with Crippen molar-refractivity contribution in [3.63, 3.8) is 0 Å². The third kappa shape index (κ3) is 8.07. The second-order valence-electron chi connectivity index (χ2n) is 5.55. The van der Waals surface area contributed by atoms with Crippen molar-refractivity contribution in [3.05, 3.63) is 135 Å². The van der Waals surface area contributed by atoms with E-state index in [1.165, 1.54) is 15.9 Å². The largest absolute Gasteiger partial charge is 0.184 e. The van der Waals surface area contributed by atoms with Gasteiger partial charge in [0, 0.05) is 0 Å². The summed E-state index contributed by atoms with van der Waals surface area (Å²) in [6.07, 6.45) is 0. The Kier molecular flexibility index (Phi) is 13.2. The molecule has 4 rings (SSSR count). The zero-order chi connectivity index (χ0) is 19.2. The molecule has 0 fully saturated rings. The molecular weight excluding hydrogens is 468 g/mol. The molecule has 0 nitrogen and oxygen atoms in total. The number of rotatable bonds is 3. The Morgan fingerprint density at radius 2 is 0.786 bits per heavy atom. The van der Waals surface area contributed by atoms with E-state index in [0.717, 1.165) is 0 Å². The molecule has 0 aromatic heterocycles. The van der Waals surface area contributed by atoms with Crippen LogP contribution in [0.5, 0.6) is 0 Å². The van der Waals surface area contributed by atoms with Gasteiger partial charge in [-0.15, -0.1) is 0 Å². The van der Waals surface area contributed by atoms with Crippen molar-refractivity contribution in [1.82, 2.24) is 0 Å². The molecule has 0 amide bonds. The van der Waals surface area contributed by atoms with Gasteiger partial charge in [0.15, 0.2) is 0 Å². The van der Waals surface area contributed by atoms with Gasteiger partial charge in [-0.1, -0.05) is 54.6 Å². The van der Waals surface area contributed by atoms with Gasteiger partial charge >= 0.3 is 27.0 Å². The normalized spacial score (nSPS) is 9.07. The Labute approximate surface area is 185 Å². The van der Waals surface area contributed by atoms with Gasteiger partial charge in [0.05, 0.1) is 7.92 Å². The second kappa shape index (κ2) is 15.2. The van der Waals surface area contributed by atoms with Crippen molar-refractivity contribution in [1.29, 1.82) is 0 Å². The van der Waals surface area contributed by atoms with Gasteiger partial charge < -0.3 is 7.43 Å². The van der Waals surface area contributed by atoms with Gasteiger partial charge in [0.2, 0.25) is 0 Å². The first-order chi connectivity index (χ1) is 13.4. The average Bonchev–Trinajstić information content (AvgIpc) is 2.79. The van der Waals surface area contributed by atoms with Crippen molar-refractivity contribution >= 4 is 33.5 Å². The SMILES string of the molecule is [CH3-].[Cl][Ru+2].[c-]1ccccc1.c1ccc([PH+](c2ccccc2)c2ccccc2)cc1. The van der Waals surface area contributed by atoms with Crippen LogP contribution in [0.2, 0.25) is 0 Å². The monoisotopic (exact) mass is 492 g/mol. The van der Waals surface area contributed by atoms with E-state index in [2.05, 4.69) is 107 Å². The Morgan fingerprint density at radius 3 is 1.00 bits per heavy atom. The second-order valence-corrected chi connectivity index (χ2v) is 8.03. The predicted molar refractivity (Wildman–Crippen MR) is 124 cm³/mol. The summed E-state index contributed by atoms with van der Waals surface area (Å²) in [5.74, 6) is 0. The van der Waals surface area contributed by atoms with Crippen LogP contribution in [0.1, 0.15) is 0 Å². The van der Waals surface area contributed by atoms with E-state index < -0.39 is 7.92 Å². The molecule has 0 unspecified atom stereocenters. The Balaban J connectivity index is 0.000000370. The molecule has 0 aliphatic carbocycles. The number of hydrogen-bond donors (Lipinski definition) is 0. The summed E-state index contributed by atoms with van der Waals surface area (Å²) >= 11 is 1.82. The Bertz CT molecular complexity index is 720. The first-order valence-electron chi connectivity index (χ1n) is 8.53. The zero-order valence-corrected chi connectivity index (χ0v) is 19.3. The van der Waals surface area contributed by atoms with Crippen LogP contribution in [0.25, 0.3) is 0 Å². The van der Waals surface area contributed by atoms with Crippen molar-refractivity contribution in [3.8, 4) is 0 Å². The summed E-state index contributed by atoms with van der Waals surface area (Å²) in [5, 5.41) is 4.31. The van der Waals surface area contributed by atoms with Crippen LogP contribution in [0.15, 0.2) is 121 Å². The first kappa shape index (κ1) is 24.3. The molecule has 0 aliphatic heterocycles.